The molecule has 0 saturated carbocycles. The lowest BCUT2D eigenvalue weighted by molar-refractivity contribution is -0.274. The number of alkyl halides is 3. The molecule has 1 atom stereocenters. The fourth-order valence-corrected chi connectivity index (χ4v) is 5.95. The lowest BCUT2D eigenvalue weighted by Crippen LogP contribution is -2.58. The summed E-state index contributed by atoms with van der Waals surface area (Å²) in [5.41, 5.74) is -0.327. The summed E-state index contributed by atoms with van der Waals surface area (Å²) in [6, 6.07) is 1.99. The number of nitrogens with zero attached hydrogens (tertiary/aromatic N) is 3. The zero-order chi connectivity index (χ0) is 27.1. The molecule has 1 aromatic heterocycles. The number of hydrogen-bond acceptors (Lipinski definition) is 9. The lowest BCUT2D eigenvalue weighted by Gasteiger charge is -2.38. The van der Waals surface area contributed by atoms with Gasteiger partial charge in [0.1, 0.15) is 22.3 Å². The van der Waals surface area contributed by atoms with Gasteiger partial charge in [-0.3, -0.25) is 4.79 Å². The predicted octanol–water partition coefficient (Wildman–Crippen LogP) is 3.27. The van der Waals surface area contributed by atoms with Gasteiger partial charge in [-0.15, -0.1) is 13.2 Å². The minimum atomic E-state index is -4.94. The highest BCUT2D eigenvalue weighted by atomic mass is 32.2. The zero-order valence-electron chi connectivity index (χ0n) is 19.7. The lowest BCUT2D eigenvalue weighted by atomic mass is 10.2. The van der Waals surface area contributed by atoms with Crippen LogP contribution in [0.1, 0.15) is 36.1 Å². The van der Waals surface area contributed by atoms with Gasteiger partial charge in [0, 0.05) is 19.6 Å². The van der Waals surface area contributed by atoms with Crippen LogP contribution in [0.3, 0.4) is 0 Å². The van der Waals surface area contributed by atoms with Crippen LogP contribution in [-0.2, 0) is 19.6 Å². The first kappa shape index (κ1) is 27.7. The van der Waals surface area contributed by atoms with Gasteiger partial charge in [0.25, 0.3) is 0 Å². The molecule has 1 fully saturated rings. The number of ether oxygens (including phenoxy) is 2. The molecule has 1 unspecified atom stereocenters. The van der Waals surface area contributed by atoms with Crippen LogP contribution in [0, 0.1) is 6.92 Å². The molecule has 0 aliphatic carbocycles. The average molecular weight is 552 g/mol. The van der Waals surface area contributed by atoms with Crippen molar-refractivity contribution in [3.05, 3.63) is 34.8 Å². The van der Waals surface area contributed by atoms with Crippen LogP contribution in [0.5, 0.6) is 5.75 Å². The largest absolute Gasteiger partial charge is 0.573 e. The zero-order valence-corrected chi connectivity index (χ0v) is 21.3. The summed E-state index contributed by atoms with van der Waals surface area (Å²) in [6.45, 7) is 6.34. The van der Waals surface area contributed by atoms with Gasteiger partial charge in [-0.2, -0.15) is 4.31 Å². The third kappa shape index (κ3) is 6.44. The monoisotopic (exact) mass is 551 g/mol. The van der Waals surface area contributed by atoms with Crippen molar-refractivity contribution in [2.75, 3.05) is 24.5 Å². The number of halogens is 3. The molecule has 0 amide bonds. The second-order valence-corrected chi connectivity index (χ2v) is 11.7. The molecule has 0 radical (unpaired) electrons. The van der Waals surface area contributed by atoms with Crippen molar-refractivity contribution in [1.82, 2.24) is 9.29 Å². The summed E-state index contributed by atoms with van der Waals surface area (Å²) in [6.07, 6.45) is -4.94. The second kappa shape index (κ2) is 9.86. The molecule has 1 aliphatic rings. The van der Waals surface area contributed by atoms with Crippen molar-refractivity contribution in [2.45, 2.75) is 50.6 Å². The van der Waals surface area contributed by atoms with Crippen molar-refractivity contribution < 1.29 is 45.8 Å². The number of benzene rings is 1. The molecular weight excluding hydrogens is 527 g/mol. The van der Waals surface area contributed by atoms with E-state index in [1.165, 1.54) is 0 Å². The van der Waals surface area contributed by atoms with E-state index < -0.39 is 45.7 Å². The minimum Gasteiger partial charge on any atom is -0.480 e. The Kier molecular flexibility index (Phi) is 7.58. The molecule has 15 heteroatoms. The average Bonchev–Trinajstić information content (AvgIpc) is 3.13. The van der Waals surface area contributed by atoms with E-state index in [0.29, 0.717) is 10.8 Å². The summed E-state index contributed by atoms with van der Waals surface area (Å²) in [5.74, 6) is -2.60. The molecule has 2 heterocycles. The van der Waals surface area contributed by atoms with Gasteiger partial charge < -0.3 is 19.5 Å². The highest BCUT2D eigenvalue weighted by molar-refractivity contribution is 7.89. The molecule has 0 bridgehead atoms. The fourth-order valence-electron chi connectivity index (χ4n) is 3.41. The maximum atomic E-state index is 13.1. The number of carboxylic acids is 1. The number of aliphatic carboxylic acids is 1. The molecule has 36 heavy (non-hydrogen) atoms. The van der Waals surface area contributed by atoms with Crippen molar-refractivity contribution in [2.24, 2.45) is 0 Å². The maximum Gasteiger partial charge on any atom is 0.573 e. The Labute approximate surface area is 209 Å². The van der Waals surface area contributed by atoms with Crippen LogP contribution < -0.4 is 9.64 Å². The van der Waals surface area contributed by atoms with E-state index >= 15 is 0 Å². The van der Waals surface area contributed by atoms with Crippen LogP contribution >= 0.6 is 11.3 Å². The Hall–Kier alpha value is -2.91. The van der Waals surface area contributed by atoms with E-state index in [2.05, 4.69) is 9.72 Å². The van der Waals surface area contributed by atoms with E-state index in [9.17, 15) is 36.3 Å². The number of anilines is 1. The number of thiazole rings is 1. The Morgan fingerprint density at radius 3 is 2.28 bits per heavy atom. The molecule has 1 aromatic carbocycles. The summed E-state index contributed by atoms with van der Waals surface area (Å²) < 4.78 is 73.3. The van der Waals surface area contributed by atoms with Gasteiger partial charge in [0.2, 0.25) is 10.0 Å². The number of carbonyl (C=O) groups excluding carboxylic acids is 1. The van der Waals surface area contributed by atoms with Crippen LogP contribution in [-0.4, -0.2) is 72.4 Å². The maximum absolute atomic E-state index is 13.1. The molecular formula is C21H24F3N3O7S2. The number of esters is 1. The molecule has 198 valence electrons. The molecule has 10 nitrogen and oxygen atoms in total. The van der Waals surface area contributed by atoms with Gasteiger partial charge in [-0.1, -0.05) is 11.3 Å². The minimum absolute atomic E-state index is 0.0684. The summed E-state index contributed by atoms with van der Waals surface area (Å²) in [5, 5.41) is 10.1. The van der Waals surface area contributed by atoms with Crippen molar-refractivity contribution in [3.63, 3.8) is 0 Å². The van der Waals surface area contributed by atoms with E-state index in [0.717, 1.165) is 39.9 Å². The first-order chi connectivity index (χ1) is 16.5. The van der Waals surface area contributed by atoms with Crippen molar-refractivity contribution in [1.29, 1.82) is 0 Å². The van der Waals surface area contributed by atoms with Crippen LogP contribution in [0.4, 0.5) is 18.3 Å². The molecule has 2 aromatic rings. The van der Waals surface area contributed by atoms with Crippen LogP contribution in [0.2, 0.25) is 0 Å². The Morgan fingerprint density at radius 1 is 1.14 bits per heavy atom. The summed E-state index contributed by atoms with van der Waals surface area (Å²) in [7, 11) is -4.36. The standard InChI is InChI=1S/C21H24F3N3O7S2/c1-12-16(18(30)34-20(2,3)4)35-19(25-12)26-9-10-27(15(11-26)17(28)29)36(31,32)14-7-5-13(6-8-14)33-21(22,23)24/h5-8,15H,9-11H2,1-4H3,(H,28,29). The molecule has 1 N–H and O–H groups in total. The molecule has 1 saturated heterocycles. The van der Waals surface area contributed by atoms with Gasteiger partial charge in [-0.25, -0.2) is 18.2 Å². The van der Waals surface area contributed by atoms with Gasteiger partial charge >= 0.3 is 18.3 Å². The number of carboxylic acid groups (broad SMARTS) is 1. The number of rotatable bonds is 6. The van der Waals surface area contributed by atoms with Crippen LogP contribution in [0.25, 0.3) is 0 Å². The number of carbonyl (C=O) groups is 2. The van der Waals surface area contributed by atoms with Crippen molar-refractivity contribution >= 4 is 38.4 Å². The fraction of sp³-hybridized carbons (Fsp3) is 0.476. The Morgan fingerprint density at radius 2 is 1.75 bits per heavy atom. The third-order valence-electron chi connectivity index (χ3n) is 4.92. The van der Waals surface area contributed by atoms with Gasteiger partial charge in [0.05, 0.1) is 10.6 Å². The summed E-state index contributed by atoms with van der Waals surface area (Å²) in [4.78, 5) is 30.2. The number of piperazine rings is 1. The van der Waals surface area contributed by atoms with E-state index in [1.807, 2.05) is 0 Å². The van der Waals surface area contributed by atoms with Gasteiger partial charge in [-0.05, 0) is 52.0 Å². The van der Waals surface area contributed by atoms with Crippen molar-refractivity contribution in [3.8, 4) is 5.75 Å². The SMILES string of the molecule is Cc1nc(N2CCN(S(=O)(=O)c3ccc(OC(F)(F)F)cc3)C(C(=O)O)C2)sc1C(=O)OC(C)(C)C. The number of aryl methyl sites for hydroxylation is 1. The van der Waals surface area contributed by atoms with E-state index in [4.69, 9.17) is 4.74 Å². The smallest absolute Gasteiger partial charge is 0.480 e. The van der Waals surface area contributed by atoms with E-state index in [1.54, 1.807) is 32.6 Å². The number of sulfonamides is 1. The van der Waals surface area contributed by atoms with E-state index in [-0.39, 0.29) is 29.4 Å². The third-order valence-corrected chi connectivity index (χ3v) is 8.04. The number of aromatic nitrogens is 1. The second-order valence-electron chi connectivity index (χ2n) is 8.85. The summed E-state index contributed by atoms with van der Waals surface area (Å²) >= 11 is 1.01. The highest BCUT2D eigenvalue weighted by Gasteiger charge is 2.41. The van der Waals surface area contributed by atoms with Gasteiger partial charge in [0.15, 0.2) is 5.13 Å². The molecule has 0 spiro atoms. The molecule has 3 rings (SSSR count). The first-order valence-corrected chi connectivity index (χ1v) is 12.8. The Balaban J connectivity index is 1.81. The number of hydrogen-bond donors (Lipinski definition) is 1. The first-order valence-electron chi connectivity index (χ1n) is 10.5. The topological polar surface area (TPSA) is 126 Å². The Bertz CT molecular complexity index is 1240. The quantitative estimate of drug-likeness (QED) is 0.538. The highest BCUT2D eigenvalue weighted by Crippen LogP contribution is 2.32. The normalized spacial score (nSPS) is 17.6. The molecule has 1 aliphatic heterocycles. The van der Waals surface area contributed by atoms with Crippen LogP contribution in [0.15, 0.2) is 29.2 Å². The predicted molar refractivity (Wildman–Crippen MR) is 123 cm³/mol.